The molecule has 2 aliphatic carbocycles. The molecule has 0 atom stereocenters. The van der Waals surface area contributed by atoms with Crippen molar-refractivity contribution in [2.45, 2.75) is 154 Å². The van der Waals surface area contributed by atoms with Crippen molar-refractivity contribution in [3.63, 3.8) is 0 Å². The van der Waals surface area contributed by atoms with E-state index >= 15 is 0 Å². The van der Waals surface area contributed by atoms with Crippen molar-refractivity contribution in [1.82, 2.24) is 0 Å². The molecular formula is C70H88O10. The highest BCUT2D eigenvalue weighted by atomic mass is 16.5. The van der Waals surface area contributed by atoms with Crippen LogP contribution in [0.25, 0.3) is 22.3 Å². The van der Waals surface area contributed by atoms with Gasteiger partial charge < -0.3 is 33.2 Å². The average molecular weight is 1090 g/mol. The molecule has 0 saturated heterocycles. The molecule has 2 saturated carbocycles. The van der Waals surface area contributed by atoms with Crippen molar-refractivity contribution < 1.29 is 47.5 Å². The molecule has 0 N–H and O–H groups in total. The predicted octanol–water partition coefficient (Wildman–Crippen LogP) is 17.2. The van der Waals surface area contributed by atoms with Crippen LogP contribution in [0.3, 0.4) is 0 Å². The van der Waals surface area contributed by atoms with Crippen LogP contribution < -0.4 is 18.9 Å². The summed E-state index contributed by atoms with van der Waals surface area (Å²) in [5, 5.41) is 0. The number of ether oxygens (including phenoxy) is 7. The fourth-order valence-electron chi connectivity index (χ4n) is 11.2. The molecule has 80 heavy (non-hydrogen) atoms. The van der Waals surface area contributed by atoms with Gasteiger partial charge in [-0.1, -0.05) is 92.9 Å². The Morgan fingerprint density at radius 3 is 1.21 bits per heavy atom. The molecule has 428 valence electrons. The van der Waals surface area contributed by atoms with Gasteiger partial charge in [0.25, 0.3) is 0 Å². The van der Waals surface area contributed by atoms with Crippen molar-refractivity contribution in [3.8, 4) is 45.3 Å². The number of hydrogen-bond acceptors (Lipinski definition) is 10. The molecule has 0 amide bonds. The number of rotatable bonds is 35. The average Bonchev–Trinajstić information content (AvgIpc) is 3.52. The molecule has 0 aromatic heterocycles. The van der Waals surface area contributed by atoms with Gasteiger partial charge in [-0.05, 0) is 234 Å². The summed E-state index contributed by atoms with van der Waals surface area (Å²) in [7, 11) is 0. The number of esters is 3. The molecule has 0 bridgehead atoms. The summed E-state index contributed by atoms with van der Waals surface area (Å²) in [6.45, 7) is 12.6. The number of carbonyl (C=O) groups is 3. The topological polar surface area (TPSA) is 116 Å². The lowest BCUT2D eigenvalue weighted by Gasteiger charge is -2.29. The van der Waals surface area contributed by atoms with E-state index in [1.54, 1.807) is 12.1 Å². The van der Waals surface area contributed by atoms with Crippen molar-refractivity contribution in [1.29, 1.82) is 0 Å². The first-order valence-electron chi connectivity index (χ1n) is 30.1. The molecule has 5 aromatic rings. The molecule has 5 aromatic carbocycles. The van der Waals surface area contributed by atoms with Crippen LogP contribution in [0.5, 0.6) is 23.0 Å². The van der Waals surface area contributed by atoms with Gasteiger partial charge in [0.1, 0.15) is 11.5 Å². The third-order valence-electron chi connectivity index (χ3n) is 15.9. The zero-order valence-corrected chi connectivity index (χ0v) is 47.7. The van der Waals surface area contributed by atoms with Gasteiger partial charge in [0.2, 0.25) is 0 Å². The van der Waals surface area contributed by atoms with Gasteiger partial charge in [0.15, 0.2) is 11.5 Å². The molecule has 0 spiro atoms. The van der Waals surface area contributed by atoms with Gasteiger partial charge in [-0.2, -0.15) is 0 Å². The Morgan fingerprint density at radius 1 is 0.412 bits per heavy atom. The SMILES string of the molecule is C=CC(=O)OCCCCCCOc1ccc(-c2ccc(C3CCC(CCCOc4ccc(C(=O)OCCC)cc4OCCCC4CCC(c5ccc(-c6ccc(OCCCCCCOC(=O)C=C)cc6)cc5)CC4)CC3)cc2)cc1. The lowest BCUT2D eigenvalue weighted by Crippen LogP contribution is -2.15. The van der Waals surface area contributed by atoms with E-state index in [2.05, 4.69) is 110 Å². The molecule has 0 radical (unpaired) electrons. The molecule has 10 nitrogen and oxygen atoms in total. The van der Waals surface area contributed by atoms with Crippen LogP contribution in [0.15, 0.2) is 141 Å². The van der Waals surface area contributed by atoms with Gasteiger partial charge in [0, 0.05) is 12.2 Å². The van der Waals surface area contributed by atoms with Crippen LogP contribution in [-0.4, -0.2) is 64.2 Å². The van der Waals surface area contributed by atoms with Crippen molar-refractivity contribution in [3.05, 3.63) is 157 Å². The quantitative estimate of drug-likeness (QED) is 0.0168. The van der Waals surface area contributed by atoms with E-state index in [1.807, 2.05) is 13.0 Å². The Balaban J connectivity index is 0.769. The first kappa shape index (κ1) is 60.8. The van der Waals surface area contributed by atoms with Crippen molar-refractivity contribution >= 4 is 17.9 Å². The first-order chi connectivity index (χ1) is 39.3. The second kappa shape index (κ2) is 34.4. The van der Waals surface area contributed by atoms with Gasteiger partial charge in [0.05, 0.1) is 51.8 Å². The van der Waals surface area contributed by atoms with Crippen LogP contribution in [0.1, 0.15) is 175 Å². The smallest absolute Gasteiger partial charge is 0.338 e. The second-order valence-electron chi connectivity index (χ2n) is 21.8. The number of unbranched alkanes of at least 4 members (excludes halogenated alkanes) is 6. The van der Waals surface area contributed by atoms with Crippen LogP contribution in [0.4, 0.5) is 0 Å². The van der Waals surface area contributed by atoms with Crippen LogP contribution in [0, 0.1) is 11.8 Å². The minimum Gasteiger partial charge on any atom is -0.494 e. The number of carbonyl (C=O) groups excluding carboxylic acids is 3. The minimum atomic E-state index is -0.362. The highest BCUT2D eigenvalue weighted by molar-refractivity contribution is 5.90. The molecule has 0 unspecified atom stereocenters. The molecule has 2 aliphatic rings. The zero-order valence-electron chi connectivity index (χ0n) is 47.7. The molecule has 10 heteroatoms. The molecule has 7 rings (SSSR count). The van der Waals surface area contributed by atoms with E-state index in [0.717, 1.165) is 95.0 Å². The summed E-state index contributed by atoms with van der Waals surface area (Å²) in [6, 6.07) is 40.5. The van der Waals surface area contributed by atoms with E-state index in [4.69, 9.17) is 33.2 Å². The molecule has 0 heterocycles. The summed E-state index contributed by atoms with van der Waals surface area (Å²) in [4.78, 5) is 35.2. The first-order valence-corrected chi connectivity index (χ1v) is 30.1. The monoisotopic (exact) mass is 1090 g/mol. The van der Waals surface area contributed by atoms with Crippen molar-refractivity contribution in [2.75, 3.05) is 46.2 Å². The fraction of sp³-hybridized carbons (Fsp3) is 0.471. The maximum atomic E-state index is 12.9. The van der Waals surface area contributed by atoms with Gasteiger partial charge in [-0.3, -0.25) is 0 Å². The van der Waals surface area contributed by atoms with E-state index in [9.17, 15) is 14.4 Å². The van der Waals surface area contributed by atoms with Crippen LogP contribution in [-0.2, 0) is 23.8 Å². The third-order valence-corrected chi connectivity index (χ3v) is 15.9. The van der Waals surface area contributed by atoms with Crippen LogP contribution in [0.2, 0.25) is 0 Å². The normalized spacial score (nSPS) is 16.9. The van der Waals surface area contributed by atoms with Crippen LogP contribution >= 0.6 is 0 Å². The molecular weight excluding hydrogens is 1000 g/mol. The van der Waals surface area contributed by atoms with E-state index in [-0.39, 0.29) is 17.9 Å². The zero-order chi connectivity index (χ0) is 56.0. The maximum Gasteiger partial charge on any atom is 0.338 e. The lowest BCUT2D eigenvalue weighted by atomic mass is 9.77. The summed E-state index contributed by atoms with van der Waals surface area (Å²) in [5.41, 5.74) is 8.16. The highest BCUT2D eigenvalue weighted by Crippen LogP contribution is 2.40. The largest absolute Gasteiger partial charge is 0.494 e. The van der Waals surface area contributed by atoms with Gasteiger partial charge in [-0.15, -0.1) is 0 Å². The van der Waals surface area contributed by atoms with Gasteiger partial charge in [-0.25, -0.2) is 14.4 Å². The van der Waals surface area contributed by atoms with Crippen molar-refractivity contribution in [2.24, 2.45) is 11.8 Å². The Hall–Kier alpha value is -6.81. The second-order valence-corrected chi connectivity index (χ2v) is 21.8. The molecule has 0 aliphatic heterocycles. The van der Waals surface area contributed by atoms with Gasteiger partial charge >= 0.3 is 17.9 Å². The summed E-state index contributed by atoms with van der Waals surface area (Å²) < 4.78 is 40.3. The maximum absolute atomic E-state index is 12.9. The summed E-state index contributed by atoms with van der Waals surface area (Å²) in [6.07, 6.45) is 24.8. The summed E-state index contributed by atoms with van der Waals surface area (Å²) in [5.74, 6) is 4.59. The standard InChI is InChI=1S/C70H88O10/c1-4-45-80-70(73)63-39-44-66(76-50-15-17-53-19-23-55(24-20-53)57-27-31-59(32-28-57)61-35-40-64(41-36-61)74-46-11-7-9-13-48-78-68(71)5-2)67(52-63)77-51-16-18-54-21-25-56(26-22-54)58-29-33-60(34-30-58)62-37-42-65(43-38-62)75-47-12-8-10-14-49-79-69(72)6-3/h5-6,27-44,52-56H,2-4,7-26,45-51H2,1H3. The summed E-state index contributed by atoms with van der Waals surface area (Å²) >= 11 is 0. The molecule has 2 fully saturated rings. The Morgan fingerprint density at radius 2 is 0.800 bits per heavy atom. The van der Waals surface area contributed by atoms with E-state index in [0.29, 0.717) is 87.0 Å². The number of benzene rings is 5. The fourth-order valence-corrected chi connectivity index (χ4v) is 11.2. The number of hydrogen-bond donors (Lipinski definition) is 0. The lowest BCUT2D eigenvalue weighted by molar-refractivity contribution is -0.138. The van der Waals surface area contributed by atoms with E-state index < -0.39 is 0 Å². The van der Waals surface area contributed by atoms with E-state index in [1.165, 1.54) is 96.9 Å². The highest BCUT2D eigenvalue weighted by Gasteiger charge is 2.24. The third kappa shape index (κ3) is 20.7. The Bertz CT molecular complexity index is 2610. The predicted molar refractivity (Wildman–Crippen MR) is 320 cm³/mol. The Kier molecular flexibility index (Phi) is 26.1. The minimum absolute atomic E-state index is 0.330. The Labute approximate surface area is 477 Å².